The molecule has 0 saturated carbocycles. The van der Waals surface area contributed by atoms with Crippen molar-refractivity contribution in [3.05, 3.63) is 65.6 Å². The lowest BCUT2D eigenvalue weighted by atomic mass is 9.85. The van der Waals surface area contributed by atoms with E-state index in [9.17, 15) is 9.59 Å². The molecular formula is C25H30N4O2S. The summed E-state index contributed by atoms with van der Waals surface area (Å²) in [7, 11) is 1.84. The third-order valence-electron chi connectivity index (χ3n) is 6.40. The van der Waals surface area contributed by atoms with E-state index in [0.717, 1.165) is 29.9 Å². The van der Waals surface area contributed by atoms with E-state index in [0.29, 0.717) is 25.8 Å². The van der Waals surface area contributed by atoms with Gasteiger partial charge in [0.2, 0.25) is 11.8 Å². The van der Waals surface area contributed by atoms with Crippen molar-refractivity contribution in [1.82, 2.24) is 19.6 Å². The summed E-state index contributed by atoms with van der Waals surface area (Å²) in [6, 6.07) is 14.4. The lowest BCUT2D eigenvalue weighted by Crippen LogP contribution is -2.44. The third-order valence-corrected chi connectivity index (χ3v) is 7.14. The summed E-state index contributed by atoms with van der Waals surface area (Å²) in [5.41, 5.74) is 3.68. The zero-order valence-electron chi connectivity index (χ0n) is 18.9. The highest BCUT2D eigenvalue weighted by Gasteiger charge is 2.38. The first-order valence-electron chi connectivity index (χ1n) is 11.0. The normalized spacial score (nSPS) is 18.2. The largest absolute Gasteiger partial charge is 0.350 e. The molecule has 32 heavy (non-hydrogen) atoms. The van der Waals surface area contributed by atoms with Crippen LogP contribution in [0.5, 0.6) is 0 Å². The molecule has 168 valence electrons. The first-order valence-corrected chi connectivity index (χ1v) is 12.2. The third kappa shape index (κ3) is 4.83. The van der Waals surface area contributed by atoms with Crippen LogP contribution in [0, 0.1) is 6.92 Å². The van der Waals surface area contributed by atoms with Gasteiger partial charge in [0.1, 0.15) is 5.65 Å². The van der Waals surface area contributed by atoms with Gasteiger partial charge in [-0.3, -0.25) is 9.59 Å². The van der Waals surface area contributed by atoms with Crippen molar-refractivity contribution in [2.75, 3.05) is 13.3 Å². The van der Waals surface area contributed by atoms with Gasteiger partial charge in [-0.2, -0.15) is 0 Å². The molecule has 3 heterocycles. The predicted octanol–water partition coefficient (Wildman–Crippen LogP) is 3.99. The van der Waals surface area contributed by atoms with Gasteiger partial charge in [0.15, 0.2) is 0 Å². The molecule has 7 heteroatoms. The molecule has 2 aromatic heterocycles. The maximum atomic E-state index is 13.0. The molecule has 1 N–H and O–H groups in total. The fourth-order valence-electron chi connectivity index (χ4n) is 4.52. The number of carbonyl (C=O) groups is 2. The Morgan fingerprint density at radius 3 is 2.72 bits per heavy atom. The number of hydrogen-bond acceptors (Lipinski definition) is 4. The molecule has 0 aliphatic carbocycles. The zero-order valence-corrected chi connectivity index (χ0v) is 19.7. The molecule has 0 radical (unpaired) electrons. The summed E-state index contributed by atoms with van der Waals surface area (Å²) in [4.78, 5) is 32.7. The number of aryl methyl sites for hydroxylation is 1. The monoisotopic (exact) mass is 450 g/mol. The SMILES string of the molecule is CSc1ccc(C[C@@]2(CCC(=O)N(C)Cc3c(C)nc4ccccn34)CCC(=O)N2)cc1. The molecule has 0 spiro atoms. The van der Waals surface area contributed by atoms with Gasteiger partial charge in [-0.1, -0.05) is 18.2 Å². The Morgan fingerprint density at radius 1 is 1.25 bits per heavy atom. The molecule has 1 fully saturated rings. The quantitative estimate of drug-likeness (QED) is 0.527. The fraction of sp³-hybridized carbons (Fsp3) is 0.400. The minimum atomic E-state index is -0.353. The van der Waals surface area contributed by atoms with Crippen LogP contribution in [0.15, 0.2) is 53.6 Å². The number of carbonyl (C=O) groups excluding carboxylic acids is 2. The molecule has 3 aromatic rings. The van der Waals surface area contributed by atoms with E-state index in [2.05, 4.69) is 40.8 Å². The Hall–Kier alpha value is -2.80. The van der Waals surface area contributed by atoms with E-state index < -0.39 is 0 Å². The molecule has 1 saturated heterocycles. The van der Waals surface area contributed by atoms with Crippen molar-refractivity contribution < 1.29 is 9.59 Å². The molecule has 6 nitrogen and oxygen atoms in total. The molecular weight excluding hydrogens is 420 g/mol. The first-order chi connectivity index (χ1) is 15.4. The van der Waals surface area contributed by atoms with Crippen LogP contribution in [0.3, 0.4) is 0 Å². The van der Waals surface area contributed by atoms with Crippen LogP contribution in [-0.2, 0) is 22.6 Å². The summed E-state index contributed by atoms with van der Waals surface area (Å²) < 4.78 is 2.04. The molecule has 4 rings (SSSR count). The van der Waals surface area contributed by atoms with E-state index in [-0.39, 0.29) is 17.4 Å². The minimum absolute atomic E-state index is 0.0768. The summed E-state index contributed by atoms with van der Waals surface area (Å²) in [5, 5.41) is 3.19. The van der Waals surface area contributed by atoms with Crippen LogP contribution in [-0.4, -0.2) is 44.9 Å². The number of aromatic nitrogens is 2. The van der Waals surface area contributed by atoms with Crippen molar-refractivity contribution in [3.63, 3.8) is 0 Å². The molecule has 1 aliphatic heterocycles. The number of nitrogens with one attached hydrogen (secondary N) is 1. The van der Waals surface area contributed by atoms with Gasteiger partial charge >= 0.3 is 0 Å². The molecule has 0 unspecified atom stereocenters. The lowest BCUT2D eigenvalue weighted by molar-refractivity contribution is -0.131. The molecule has 2 amide bonds. The van der Waals surface area contributed by atoms with Crippen LogP contribution >= 0.6 is 11.8 Å². The number of hydrogen-bond donors (Lipinski definition) is 1. The smallest absolute Gasteiger partial charge is 0.222 e. The van der Waals surface area contributed by atoms with Crippen LogP contribution < -0.4 is 5.32 Å². The predicted molar refractivity (Wildman–Crippen MR) is 128 cm³/mol. The number of benzene rings is 1. The van der Waals surface area contributed by atoms with Crippen molar-refractivity contribution >= 4 is 29.2 Å². The fourth-order valence-corrected chi connectivity index (χ4v) is 4.93. The topological polar surface area (TPSA) is 66.7 Å². The number of imidazole rings is 1. The highest BCUT2D eigenvalue weighted by molar-refractivity contribution is 7.98. The van der Waals surface area contributed by atoms with E-state index in [1.54, 1.807) is 16.7 Å². The van der Waals surface area contributed by atoms with Crippen molar-refractivity contribution in [3.8, 4) is 0 Å². The highest BCUT2D eigenvalue weighted by Crippen LogP contribution is 2.30. The number of nitrogens with zero attached hydrogens (tertiary/aromatic N) is 3. The lowest BCUT2D eigenvalue weighted by Gasteiger charge is -2.30. The number of rotatable bonds is 8. The maximum absolute atomic E-state index is 13.0. The molecule has 1 atom stereocenters. The first kappa shape index (κ1) is 22.4. The van der Waals surface area contributed by atoms with E-state index in [4.69, 9.17) is 0 Å². The highest BCUT2D eigenvalue weighted by atomic mass is 32.2. The standard InChI is InChI=1S/C25H30N4O2S/c1-18-21(29-15-5-4-6-22(29)26-18)17-28(2)24(31)12-14-25(13-11-23(30)27-25)16-19-7-9-20(32-3)10-8-19/h4-10,15H,11-14,16-17H2,1-3H3,(H,27,30)/t25-/m0/s1. The molecule has 0 bridgehead atoms. The number of thioether (sulfide) groups is 1. The Bertz CT molecular complexity index is 1120. The van der Waals surface area contributed by atoms with Crippen LogP contribution in [0.25, 0.3) is 5.65 Å². The zero-order chi connectivity index (χ0) is 22.7. The van der Waals surface area contributed by atoms with E-state index in [1.807, 2.05) is 42.8 Å². The van der Waals surface area contributed by atoms with Crippen molar-refractivity contribution in [2.45, 2.75) is 56.0 Å². The van der Waals surface area contributed by atoms with Gasteiger partial charge in [-0.25, -0.2) is 4.98 Å². The number of fused-ring (bicyclic) bond motifs is 1. The average Bonchev–Trinajstić information content (AvgIpc) is 3.32. The number of amides is 2. The summed E-state index contributed by atoms with van der Waals surface area (Å²) in [5.74, 6) is 0.154. The van der Waals surface area contributed by atoms with Gasteiger partial charge in [-0.15, -0.1) is 11.8 Å². The average molecular weight is 451 g/mol. The second kappa shape index (κ2) is 9.36. The summed E-state index contributed by atoms with van der Waals surface area (Å²) >= 11 is 1.71. The minimum Gasteiger partial charge on any atom is -0.350 e. The Labute approximate surface area is 193 Å². The number of pyridine rings is 1. The van der Waals surface area contributed by atoms with Crippen molar-refractivity contribution in [2.24, 2.45) is 0 Å². The second-order valence-electron chi connectivity index (χ2n) is 8.68. The second-order valence-corrected chi connectivity index (χ2v) is 9.56. The van der Waals surface area contributed by atoms with Gasteiger partial charge in [0, 0.05) is 36.5 Å². The van der Waals surface area contributed by atoms with Gasteiger partial charge in [0.05, 0.1) is 17.9 Å². The molecule has 1 aliphatic rings. The van der Waals surface area contributed by atoms with Gasteiger partial charge < -0.3 is 14.6 Å². The Morgan fingerprint density at radius 2 is 2.03 bits per heavy atom. The van der Waals surface area contributed by atoms with Crippen LogP contribution in [0.1, 0.15) is 42.6 Å². The maximum Gasteiger partial charge on any atom is 0.222 e. The van der Waals surface area contributed by atoms with Crippen LogP contribution in [0.2, 0.25) is 0 Å². The van der Waals surface area contributed by atoms with Crippen molar-refractivity contribution in [1.29, 1.82) is 0 Å². The van der Waals surface area contributed by atoms with E-state index in [1.165, 1.54) is 10.5 Å². The summed E-state index contributed by atoms with van der Waals surface area (Å²) in [6.07, 6.45) is 7.11. The van der Waals surface area contributed by atoms with Gasteiger partial charge in [0.25, 0.3) is 0 Å². The van der Waals surface area contributed by atoms with Crippen LogP contribution in [0.4, 0.5) is 0 Å². The Kier molecular flexibility index (Phi) is 6.55. The Balaban J connectivity index is 1.42. The van der Waals surface area contributed by atoms with Gasteiger partial charge in [-0.05, 0) is 62.3 Å². The van der Waals surface area contributed by atoms with E-state index >= 15 is 0 Å². The molecule has 1 aromatic carbocycles. The summed E-state index contributed by atoms with van der Waals surface area (Å²) in [6.45, 7) is 2.48.